The highest BCUT2D eigenvalue weighted by atomic mass is 16.3. The van der Waals surface area contributed by atoms with Crippen LogP contribution in [-0.2, 0) is 12.0 Å². The zero-order valence-corrected chi connectivity index (χ0v) is 15.5. The number of nitrogens with one attached hydrogen (secondary N) is 2. The number of rotatable bonds is 5. The Labute approximate surface area is 152 Å². The summed E-state index contributed by atoms with van der Waals surface area (Å²) in [6.45, 7) is 7.86. The number of anilines is 1. The number of hydrogen-bond acceptors (Lipinski definition) is 5. The summed E-state index contributed by atoms with van der Waals surface area (Å²) in [5.74, 6) is 0.327. The van der Waals surface area contributed by atoms with E-state index in [1.54, 1.807) is 4.68 Å². The predicted molar refractivity (Wildman–Crippen MR) is 102 cm³/mol. The van der Waals surface area contributed by atoms with Crippen LogP contribution in [0.2, 0.25) is 0 Å². The fraction of sp³-hybridized carbons (Fsp3) is 0.421. The number of fused-ring (bicyclic) bond motifs is 1. The van der Waals surface area contributed by atoms with Gasteiger partial charge in [0.2, 0.25) is 5.95 Å². The van der Waals surface area contributed by atoms with Crippen LogP contribution >= 0.6 is 0 Å². The Kier molecular flexibility index (Phi) is 4.82. The minimum Gasteiger partial charge on any atom is -0.391 e. The zero-order chi connectivity index (χ0) is 18.9. The van der Waals surface area contributed by atoms with Crippen molar-refractivity contribution in [1.82, 2.24) is 19.7 Å². The molecule has 0 amide bonds. The lowest BCUT2D eigenvalue weighted by molar-refractivity contribution is 0.158. The molecule has 0 aliphatic carbocycles. The fourth-order valence-electron chi connectivity index (χ4n) is 2.82. The van der Waals surface area contributed by atoms with Gasteiger partial charge in [0, 0.05) is 6.42 Å². The molecule has 0 saturated heterocycles. The first-order chi connectivity index (χ1) is 12.3. The van der Waals surface area contributed by atoms with Crippen LogP contribution in [0.15, 0.2) is 41.3 Å². The Morgan fingerprint density at radius 2 is 1.96 bits per heavy atom. The number of nitrogens with zero attached hydrogens (tertiary/aromatic N) is 3. The molecular formula is C19H25N5O2. The van der Waals surface area contributed by atoms with Gasteiger partial charge in [-0.15, -0.1) is 0 Å². The Hall–Kier alpha value is -2.67. The lowest BCUT2D eigenvalue weighted by Gasteiger charge is -2.22. The molecular weight excluding hydrogens is 330 g/mol. The second-order valence-electron chi connectivity index (χ2n) is 7.57. The van der Waals surface area contributed by atoms with Gasteiger partial charge in [0.15, 0.2) is 5.65 Å². The van der Waals surface area contributed by atoms with E-state index in [0.29, 0.717) is 23.4 Å². The van der Waals surface area contributed by atoms with E-state index in [0.717, 1.165) is 5.56 Å². The van der Waals surface area contributed by atoms with Crippen LogP contribution < -0.4 is 10.9 Å². The van der Waals surface area contributed by atoms with E-state index in [-0.39, 0.29) is 17.1 Å². The average Bonchev–Trinajstić information content (AvgIpc) is 3.00. The molecule has 7 nitrogen and oxygen atoms in total. The van der Waals surface area contributed by atoms with Crippen molar-refractivity contribution in [2.24, 2.45) is 0 Å². The number of H-pyrrole nitrogens is 1. The molecule has 0 spiro atoms. The van der Waals surface area contributed by atoms with Crippen LogP contribution in [0.1, 0.15) is 33.3 Å². The molecule has 7 heteroatoms. The highest BCUT2D eigenvalue weighted by Gasteiger charge is 2.21. The maximum absolute atomic E-state index is 12.3. The summed E-state index contributed by atoms with van der Waals surface area (Å²) in [6, 6.07) is 9.50. The van der Waals surface area contributed by atoms with Crippen LogP contribution in [-0.4, -0.2) is 37.0 Å². The summed E-state index contributed by atoms with van der Waals surface area (Å²) in [5, 5.41) is 18.3. The minimum absolute atomic E-state index is 0.252. The van der Waals surface area contributed by atoms with Crippen LogP contribution in [0, 0.1) is 0 Å². The van der Waals surface area contributed by atoms with Crippen LogP contribution in [0.5, 0.6) is 0 Å². The van der Waals surface area contributed by atoms with Gasteiger partial charge in [0.05, 0.1) is 23.9 Å². The minimum atomic E-state index is -0.620. The predicted octanol–water partition coefficient (Wildman–Crippen LogP) is 2.28. The zero-order valence-electron chi connectivity index (χ0n) is 15.5. The second kappa shape index (κ2) is 6.92. The molecule has 26 heavy (non-hydrogen) atoms. The number of aromatic nitrogens is 4. The Morgan fingerprint density at radius 1 is 1.27 bits per heavy atom. The molecule has 0 saturated carbocycles. The van der Waals surface area contributed by atoms with Gasteiger partial charge in [-0.25, -0.2) is 4.68 Å². The first-order valence-corrected chi connectivity index (χ1v) is 8.73. The van der Waals surface area contributed by atoms with Gasteiger partial charge in [-0.3, -0.25) is 9.78 Å². The highest BCUT2D eigenvalue weighted by molar-refractivity contribution is 5.74. The van der Waals surface area contributed by atoms with Crippen molar-refractivity contribution in [3.05, 3.63) is 52.4 Å². The summed E-state index contributed by atoms with van der Waals surface area (Å²) >= 11 is 0. The van der Waals surface area contributed by atoms with E-state index >= 15 is 0 Å². The van der Waals surface area contributed by atoms with Gasteiger partial charge in [-0.2, -0.15) is 10.1 Å². The summed E-state index contributed by atoms with van der Waals surface area (Å²) in [4.78, 5) is 19.6. The summed E-state index contributed by atoms with van der Waals surface area (Å²) in [7, 11) is 0. The Bertz CT molecular complexity index is 940. The SMILES string of the molecule is CC(Nc1nc2c(cnn2C(C)(C)C)c(=O)[nH]1)C(O)Cc1ccccc1. The van der Waals surface area contributed by atoms with Crippen molar-refractivity contribution in [1.29, 1.82) is 0 Å². The first-order valence-electron chi connectivity index (χ1n) is 8.73. The molecule has 0 aliphatic rings. The van der Waals surface area contributed by atoms with Gasteiger partial charge in [0.25, 0.3) is 5.56 Å². The van der Waals surface area contributed by atoms with Crippen molar-refractivity contribution in [2.75, 3.05) is 5.32 Å². The molecule has 0 radical (unpaired) electrons. The molecule has 3 aromatic rings. The standard InChI is InChI=1S/C19H25N5O2/c1-12(15(25)10-13-8-6-5-7-9-13)21-18-22-16-14(17(26)23-18)11-20-24(16)19(2,3)4/h5-9,11-12,15,25H,10H2,1-4H3,(H2,21,22,23,26). The number of hydrogen-bond donors (Lipinski definition) is 3. The first kappa shape index (κ1) is 18.1. The molecule has 3 N–H and O–H groups in total. The second-order valence-corrected chi connectivity index (χ2v) is 7.57. The molecule has 0 fully saturated rings. The monoisotopic (exact) mass is 355 g/mol. The van der Waals surface area contributed by atoms with Gasteiger partial charge in [-0.1, -0.05) is 30.3 Å². The topological polar surface area (TPSA) is 95.8 Å². The third kappa shape index (κ3) is 3.77. The third-order valence-electron chi connectivity index (χ3n) is 4.30. The fourth-order valence-corrected chi connectivity index (χ4v) is 2.82. The van der Waals surface area contributed by atoms with E-state index in [2.05, 4.69) is 20.4 Å². The third-order valence-corrected chi connectivity index (χ3v) is 4.30. The number of benzene rings is 1. The molecule has 2 aromatic heterocycles. The largest absolute Gasteiger partial charge is 0.391 e. The smallest absolute Gasteiger partial charge is 0.263 e. The van der Waals surface area contributed by atoms with Gasteiger partial charge in [-0.05, 0) is 33.3 Å². The van der Waals surface area contributed by atoms with Crippen molar-refractivity contribution >= 4 is 17.0 Å². The van der Waals surface area contributed by atoms with E-state index < -0.39 is 6.10 Å². The molecule has 138 valence electrons. The quantitative estimate of drug-likeness (QED) is 0.652. The average molecular weight is 355 g/mol. The lowest BCUT2D eigenvalue weighted by Crippen LogP contribution is -2.34. The van der Waals surface area contributed by atoms with E-state index in [1.807, 2.05) is 58.0 Å². The maximum atomic E-state index is 12.3. The maximum Gasteiger partial charge on any atom is 0.263 e. The van der Waals surface area contributed by atoms with E-state index in [9.17, 15) is 9.90 Å². The van der Waals surface area contributed by atoms with Crippen LogP contribution in [0.4, 0.5) is 5.95 Å². The van der Waals surface area contributed by atoms with Gasteiger partial charge >= 0.3 is 0 Å². The number of aromatic amines is 1. The molecule has 2 heterocycles. The molecule has 3 rings (SSSR count). The van der Waals surface area contributed by atoms with Crippen molar-refractivity contribution in [3.63, 3.8) is 0 Å². The van der Waals surface area contributed by atoms with Crippen molar-refractivity contribution in [2.45, 2.75) is 51.8 Å². The molecule has 2 atom stereocenters. The molecule has 2 unspecified atom stereocenters. The van der Waals surface area contributed by atoms with E-state index in [1.165, 1.54) is 6.20 Å². The molecule has 1 aromatic carbocycles. The van der Waals surface area contributed by atoms with Crippen molar-refractivity contribution < 1.29 is 5.11 Å². The Balaban J connectivity index is 1.83. The molecule has 0 bridgehead atoms. The van der Waals surface area contributed by atoms with Crippen LogP contribution in [0.25, 0.3) is 11.0 Å². The van der Waals surface area contributed by atoms with E-state index in [4.69, 9.17) is 0 Å². The normalized spacial score (nSPS) is 14.3. The summed E-state index contributed by atoms with van der Waals surface area (Å²) in [6.07, 6.45) is 1.43. The Morgan fingerprint density at radius 3 is 2.62 bits per heavy atom. The molecule has 0 aliphatic heterocycles. The van der Waals surface area contributed by atoms with Crippen LogP contribution in [0.3, 0.4) is 0 Å². The summed E-state index contributed by atoms with van der Waals surface area (Å²) < 4.78 is 1.73. The van der Waals surface area contributed by atoms with Gasteiger partial charge in [0.1, 0.15) is 5.39 Å². The number of aliphatic hydroxyl groups excluding tert-OH is 1. The van der Waals surface area contributed by atoms with Gasteiger partial charge < -0.3 is 10.4 Å². The summed E-state index contributed by atoms with van der Waals surface area (Å²) in [5.41, 5.74) is 1.03. The highest BCUT2D eigenvalue weighted by Crippen LogP contribution is 2.19. The van der Waals surface area contributed by atoms with Crippen molar-refractivity contribution in [3.8, 4) is 0 Å². The number of aliphatic hydroxyl groups is 1. The lowest BCUT2D eigenvalue weighted by atomic mass is 10.0.